The number of aliphatic hydroxyl groups excluding tert-OH is 2. The van der Waals surface area contributed by atoms with Crippen molar-refractivity contribution in [1.29, 1.82) is 0 Å². The van der Waals surface area contributed by atoms with E-state index in [9.17, 15) is 24.7 Å². The lowest BCUT2D eigenvalue weighted by molar-refractivity contribution is -0.449. The summed E-state index contributed by atoms with van der Waals surface area (Å²) in [5.41, 5.74) is 0.412. The number of hydrogen-bond donors (Lipinski definition) is 8. The highest BCUT2D eigenvalue weighted by Gasteiger charge is 2.63. The molecule has 1 aromatic carbocycles. The van der Waals surface area contributed by atoms with E-state index in [2.05, 4.69) is 25.5 Å². The first-order chi connectivity index (χ1) is 19.3. The van der Waals surface area contributed by atoms with Crippen LogP contribution in [0, 0.1) is 0 Å². The third-order valence-electron chi connectivity index (χ3n) is 7.80. The van der Waals surface area contributed by atoms with Gasteiger partial charge in [-0.15, -0.1) is 0 Å². The fourth-order valence-corrected chi connectivity index (χ4v) is 6.27. The van der Waals surface area contributed by atoms with Crippen LogP contribution in [0.4, 0.5) is 0 Å². The van der Waals surface area contributed by atoms with Gasteiger partial charge in [0.05, 0.1) is 42.4 Å². The van der Waals surface area contributed by atoms with Gasteiger partial charge < -0.3 is 50.0 Å². The molecule has 2 saturated heterocycles. The summed E-state index contributed by atoms with van der Waals surface area (Å²) < 4.78 is 33.7. The number of carbonyl (C=O) groups excluding carboxylic acids is 1. The molecule has 1 aliphatic carbocycles. The quantitative estimate of drug-likeness (QED) is 0.166. The summed E-state index contributed by atoms with van der Waals surface area (Å²) in [4.78, 5) is 35.4. The van der Waals surface area contributed by atoms with Gasteiger partial charge in [-0.1, -0.05) is 6.07 Å². The largest absolute Gasteiger partial charge is 0.524 e. The van der Waals surface area contributed by atoms with Crippen LogP contribution in [0.2, 0.25) is 0 Å². The number of aromatic nitrogens is 1. The van der Waals surface area contributed by atoms with Crippen LogP contribution in [0.3, 0.4) is 0 Å². The number of aliphatic hydroxyl groups is 3. The van der Waals surface area contributed by atoms with Gasteiger partial charge in [-0.05, 0) is 51.0 Å². The van der Waals surface area contributed by atoms with E-state index >= 15 is 0 Å². The van der Waals surface area contributed by atoms with Gasteiger partial charge >= 0.3 is 7.82 Å². The Morgan fingerprint density at radius 1 is 1.10 bits per heavy atom. The van der Waals surface area contributed by atoms with Crippen molar-refractivity contribution in [3.8, 4) is 5.75 Å². The molecule has 2 aliphatic heterocycles. The Labute approximate surface area is 235 Å². The number of nitrogens with zero attached hydrogens (tertiary/aromatic N) is 1. The zero-order chi connectivity index (χ0) is 29.7. The molecule has 0 radical (unpaired) electrons. The maximum Gasteiger partial charge on any atom is 0.524 e. The molecule has 8 N–H and O–H groups in total. The molecule has 0 spiro atoms. The molecule has 10 atom stereocenters. The van der Waals surface area contributed by atoms with Crippen molar-refractivity contribution in [3.63, 3.8) is 0 Å². The van der Waals surface area contributed by atoms with Gasteiger partial charge in [-0.3, -0.25) is 19.6 Å². The molecule has 3 fully saturated rings. The molecular weight excluding hydrogens is 563 g/mol. The van der Waals surface area contributed by atoms with Crippen molar-refractivity contribution >= 4 is 24.5 Å². The third kappa shape index (κ3) is 5.98. The van der Waals surface area contributed by atoms with Crippen LogP contribution < -0.4 is 20.5 Å². The molecule has 5 rings (SSSR count). The Morgan fingerprint density at radius 3 is 2.51 bits per heavy atom. The minimum Gasteiger partial charge on any atom is -0.404 e. The first kappa shape index (κ1) is 30.2. The van der Waals surface area contributed by atoms with Crippen molar-refractivity contribution in [3.05, 3.63) is 36.2 Å². The standard InChI is InChI=1S/C25H35N4O11P/c1-11-6-16(25(33)24(37-11)38-23-21(32)18(26-2)20(31)19(27-3)22(23)39-25)29-17(30)9-14-7-12-4-5-15(40-41(34,35)36)8-13(12)10-28-14/h4-5,7-8,10-11,16,18-24,26-27,31-33H,6,9H2,1-3H3,(H,29,30)(H2,34,35,36)/t11-,16-,18-,19+,20+,21+,22-,23-,24+,25+/m1/s1. The van der Waals surface area contributed by atoms with Gasteiger partial charge in [0.15, 0.2) is 0 Å². The minimum atomic E-state index is -4.71. The molecule has 16 heteroatoms. The lowest BCUT2D eigenvalue weighted by Crippen LogP contribution is -2.79. The fourth-order valence-electron chi connectivity index (χ4n) is 5.88. The number of benzene rings is 1. The van der Waals surface area contributed by atoms with Crippen molar-refractivity contribution in [2.45, 2.75) is 80.5 Å². The molecule has 226 valence electrons. The van der Waals surface area contributed by atoms with Crippen LogP contribution in [-0.2, 0) is 30.0 Å². The van der Waals surface area contributed by atoms with Crippen molar-refractivity contribution in [2.75, 3.05) is 14.1 Å². The number of phosphoric ester groups is 1. The average molecular weight is 599 g/mol. The Balaban J connectivity index is 1.32. The number of hydrogen-bond acceptors (Lipinski definition) is 12. The van der Waals surface area contributed by atoms with E-state index in [1.54, 1.807) is 33.2 Å². The number of amides is 1. The van der Waals surface area contributed by atoms with E-state index in [0.29, 0.717) is 16.5 Å². The number of ether oxygens (including phenoxy) is 3. The van der Waals surface area contributed by atoms with E-state index in [4.69, 9.17) is 24.0 Å². The number of likely N-dealkylation sites (N-methyl/N-ethyl adjacent to an activating group) is 2. The van der Waals surface area contributed by atoms with Gasteiger partial charge in [-0.25, -0.2) is 4.57 Å². The summed E-state index contributed by atoms with van der Waals surface area (Å²) in [5.74, 6) is -2.60. The molecule has 3 aliphatic rings. The zero-order valence-electron chi connectivity index (χ0n) is 22.6. The Bertz CT molecular complexity index is 1330. The Hall–Kier alpha value is -2.27. The number of nitrogens with one attached hydrogen (secondary N) is 3. The van der Waals surface area contributed by atoms with Crippen LogP contribution in [-0.4, -0.2) is 111 Å². The fraction of sp³-hybridized carbons (Fsp3) is 0.600. The molecule has 1 aromatic heterocycles. The zero-order valence-corrected chi connectivity index (χ0v) is 23.5. The molecule has 1 saturated carbocycles. The molecule has 3 heterocycles. The number of carbonyl (C=O) groups is 1. The SMILES string of the molecule is CN[C@@H]1[C@H](O)[C@H](NC)[C@H]2O[C@]3(O)[C@H](O[C@@H]2[C@H]1O)O[C@H](C)C[C@H]3NC(=O)Cc1cc2ccc(OP(=O)(O)O)cc2cn1. The molecule has 0 unspecified atom stereocenters. The van der Waals surface area contributed by atoms with Gasteiger partial charge in [0.1, 0.15) is 24.1 Å². The normalized spacial score (nSPS) is 37.2. The first-order valence-electron chi connectivity index (χ1n) is 13.2. The predicted molar refractivity (Wildman–Crippen MR) is 141 cm³/mol. The van der Waals surface area contributed by atoms with Crippen molar-refractivity contribution in [2.24, 2.45) is 0 Å². The molecular formula is C25H35N4O11P. The molecule has 1 amide bonds. The summed E-state index contributed by atoms with van der Waals surface area (Å²) in [6.07, 6.45) is -4.37. The Kier molecular flexibility index (Phi) is 8.42. The lowest BCUT2D eigenvalue weighted by atomic mass is 9.79. The summed E-state index contributed by atoms with van der Waals surface area (Å²) in [5, 5.41) is 43.3. The topological polar surface area (TPSA) is 221 Å². The van der Waals surface area contributed by atoms with Crippen LogP contribution in [0.15, 0.2) is 30.5 Å². The van der Waals surface area contributed by atoms with Gasteiger partial charge in [0.25, 0.3) is 0 Å². The average Bonchev–Trinajstić information content (AvgIpc) is 2.88. The summed E-state index contributed by atoms with van der Waals surface area (Å²) in [7, 11) is -1.48. The summed E-state index contributed by atoms with van der Waals surface area (Å²) >= 11 is 0. The Morgan fingerprint density at radius 2 is 1.83 bits per heavy atom. The van der Waals surface area contributed by atoms with Crippen molar-refractivity contribution < 1.29 is 53.2 Å². The van der Waals surface area contributed by atoms with Crippen LogP contribution >= 0.6 is 7.82 Å². The third-order valence-corrected chi connectivity index (χ3v) is 8.25. The van der Waals surface area contributed by atoms with Crippen LogP contribution in [0.25, 0.3) is 10.8 Å². The van der Waals surface area contributed by atoms with Gasteiger partial charge in [0, 0.05) is 11.6 Å². The molecule has 15 nitrogen and oxygen atoms in total. The van der Waals surface area contributed by atoms with Gasteiger partial charge in [0.2, 0.25) is 18.0 Å². The number of pyridine rings is 1. The second-order valence-electron chi connectivity index (χ2n) is 10.6. The summed E-state index contributed by atoms with van der Waals surface area (Å²) in [6.45, 7) is 1.76. The lowest BCUT2D eigenvalue weighted by Gasteiger charge is -2.58. The highest BCUT2D eigenvalue weighted by Crippen LogP contribution is 2.42. The van der Waals surface area contributed by atoms with E-state index in [1.807, 2.05) is 0 Å². The van der Waals surface area contributed by atoms with E-state index in [0.717, 1.165) is 0 Å². The maximum atomic E-state index is 13.1. The van der Waals surface area contributed by atoms with E-state index < -0.39 is 74.5 Å². The summed E-state index contributed by atoms with van der Waals surface area (Å²) in [6, 6.07) is 3.68. The molecule has 41 heavy (non-hydrogen) atoms. The highest BCUT2D eigenvalue weighted by atomic mass is 31.2. The number of rotatable bonds is 7. The minimum absolute atomic E-state index is 0.0218. The van der Waals surface area contributed by atoms with Crippen LogP contribution in [0.5, 0.6) is 5.75 Å². The smallest absolute Gasteiger partial charge is 0.404 e. The monoisotopic (exact) mass is 598 g/mol. The van der Waals surface area contributed by atoms with E-state index in [-0.39, 0.29) is 18.6 Å². The van der Waals surface area contributed by atoms with E-state index in [1.165, 1.54) is 18.3 Å². The predicted octanol–water partition coefficient (Wildman–Crippen LogP) is -1.75. The number of fused-ring (bicyclic) bond motifs is 3. The first-order valence-corrected chi connectivity index (χ1v) is 14.7. The second kappa shape index (κ2) is 11.4. The highest BCUT2D eigenvalue weighted by molar-refractivity contribution is 7.46. The molecule has 0 bridgehead atoms. The van der Waals surface area contributed by atoms with Gasteiger partial charge in [-0.2, -0.15) is 0 Å². The van der Waals surface area contributed by atoms with Crippen molar-refractivity contribution in [1.82, 2.24) is 20.9 Å². The number of phosphoric acid groups is 1. The molecule has 2 aromatic rings. The van der Waals surface area contributed by atoms with Crippen LogP contribution in [0.1, 0.15) is 19.0 Å². The second-order valence-corrected chi connectivity index (χ2v) is 11.8. The maximum absolute atomic E-state index is 13.1.